The van der Waals surface area contributed by atoms with Crippen molar-refractivity contribution in [2.24, 2.45) is 0 Å². The Kier molecular flexibility index (Phi) is 11.5. The smallest absolute Gasteiger partial charge is 0.244 e. The number of hydrogen-bond donors (Lipinski definition) is 1. The van der Waals surface area contributed by atoms with Crippen molar-refractivity contribution in [2.75, 3.05) is 23.7 Å². The predicted molar refractivity (Wildman–Crippen MR) is 172 cm³/mol. The molecule has 0 saturated carbocycles. The van der Waals surface area contributed by atoms with Gasteiger partial charge in [-0.3, -0.25) is 13.9 Å². The van der Waals surface area contributed by atoms with Crippen molar-refractivity contribution in [3.63, 3.8) is 0 Å². The molecule has 42 heavy (non-hydrogen) atoms. The first kappa shape index (κ1) is 33.4. The van der Waals surface area contributed by atoms with E-state index in [0.717, 1.165) is 21.7 Å². The number of anilines is 1. The zero-order valence-corrected chi connectivity index (χ0v) is 27.1. The molecule has 10 heteroatoms. The van der Waals surface area contributed by atoms with Gasteiger partial charge in [0.15, 0.2) is 0 Å². The molecular formula is C32H39Cl2N3O4S. The highest BCUT2D eigenvalue weighted by Gasteiger charge is 2.33. The zero-order valence-electron chi connectivity index (χ0n) is 24.7. The summed E-state index contributed by atoms with van der Waals surface area (Å²) in [7, 11) is -3.87. The van der Waals surface area contributed by atoms with Crippen LogP contribution in [0.15, 0.2) is 72.8 Å². The van der Waals surface area contributed by atoms with Crippen molar-refractivity contribution in [1.82, 2.24) is 10.2 Å². The third-order valence-electron chi connectivity index (χ3n) is 6.91. The monoisotopic (exact) mass is 631 g/mol. The molecule has 0 aliphatic rings. The summed E-state index contributed by atoms with van der Waals surface area (Å²) in [6.07, 6.45) is 1.98. The molecule has 0 aliphatic carbocycles. The van der Waals surface area contributed by atoms with Crippen molar-refractivity contribution >= 4 is 50.7 Å². The number of rotatable bonds is 12. The van der Waals surface area contributed by atoms with Crippen molar-refractivity contribution in [2.45, 2.75) is 58.5 Å². The number of carbonyl (C=O) groups is 2. The van der Waals surface area contributed by atoms with Gasteiger partial charge in [0, 0.05) is 35.1 Å². The van der Waals surface area contributed by atoms with E-state index < -0.39 is 28.5 Å². The first-order chi connectivity index (χ1) is 19.7. The summed E-state index contributed by atoms with van der Waals surface area (Å²) in [5, 5.41) is 3.58. The van der Waals surface area contributed by atoms with Crippen LogP contribution in [-0.2, 0) is 38.0 Å². The molecule has 0 saturated heterocycles. The number of hydrogen-bond acceptors (Lipinski definition) is 4. The Hall–Kier alpha value is -3.07. The van der Waals surface area contributed by atoms with E-state index in [9.17, 15) is 18.0 Å². The van der Waals surface area contributed by atoms with Crippen LogP contribution in [0.25, 0.3) is 0 Å². The Morgan fingerprint density at radius 2 is 1.50 bits per heavy atom. The topological polar surface area (TPSA) is 86.8 Å². The number of halogens is 2. The van der Waals surface area contributed by atoms with Gasteiger partial charge in [0.25, 0.3) is 0 Å². The van der Waals surface area contributed by atoms with Crippen LogP contribution in [0.5, 0.6) is 0 Å². The van der Waals surface area contributed by atoms with E-state index in [0.29, 0.717) is 34.3 Å². The Balaban J connectivity index is 2.08. The molecule has 3 aromatic rings. The summed E-state index contributed by atoms with van der Waals surface area (Å²) in [6.45, 7) is 7.95. The summed E-state index contributed by atoms with van der Waals surface area (Å²) in [6, 6.07) is 20.5. The van der Waals surface area contributed by atoms with Gasteiger partial charge in [0.1, 0.15) is 12.6 Å². The Morgan fingerprint density at radius 3 is 2.02 bits per heavy atom. The second-order valence-electron chi connectivity index (χ2n) is 11.3. The summed E-state index contributed by atoms with van der Waals surface area (Å²) >= 11 is 13.0. The molecule has 1 N–H and O–H groups in total. The highest BCUT2D eigenvalue weighted by atomic mass is 35.5. The highest BCUT2D eigenvalue weighted by Crippen LogP contribution is 2.29. The molecule has 0 radical (unpaired) electrons. The standard InChI is InChI=1S/C32H39Cl2N3O4S/c1-6-19-35-31(39)29(20-23-11-8-7-9-12-23)36(21-26-27(33)13-10-14-28(26)34)30(38)22-37(42(5,40)41)25-17-15-24(16-18-25)32(2,3)4/h7-18,29H,6,19-22H2,1-5H3,(H,35,39). The fourth-order valence-electron chi connectivity index (χ4n) is 4.52. The maximum atomic E-state index is 14.2. The van der Waals surface area contributed by atoms with E-state index in [-0.39, 0.29) is 24.3 Å². The van der Waals surface area contributed by atoms with E-state index in [1.54, 1.807) is 30.3 Å². The van der Waals surface area contributed by atoms with Crippen molar-refractivity contribution < 1.29 is 18.0 Å². The fraction of sp³-hybridized carbons (Fsp3) is 0.375. The molecule has 0 spiro atoms. The molecule has 0 heterocycles. The molecule has 7 nitrogen and oxygen atoms in total. The maximum Gasteiger partial charge on any atom is 0.244 e. The van der Waals surface area contributed by atoms with Crippen LogP contribution in [0.1, 0.15) is 50.8 Å². The van der Waals surface area contributed by atoms with Crippen LogP contribution in [0, 0.1) is 0 Å². The van der Waals surface area contributed by atoms with Crippen LogP contribution >= 0.6 is 23.2 Å². The van der Waals surface area contributed by atoms with Gasteiger partial charge in [-0.05, 0) is 47.2 Å². The van der Waals surface area contributed by atoms with Crippen LogP contribution < -0.4 is 9.62 Å². The zero-order chi connectivity index (χ0) is 31.1. The maximum absolute atomic E-state index is 14.2. The van der Waals surface area contributed by atoms with Gasteiger partial charge in [-0.15, -0.1) is 0 Å². The SMILES string of the molecule is CCCNC(=O)C(Cc1ccccc1)N(Cc1c(Cl)cccc1Cl)C(=O)CN(c1ccc(C(C)(C)C)cc1)S(C)(=O)=O. The molecule has 0 fully saturated rings. The third-order valence-corrected chi connectivity index (χ3v) is 8.76. The number of carbonyl (C=O) groups excluding carboxylic acids is 2. The number of sulfonamides is 1. The summed E-state index contributed by atoms with van der Waals surface area (Å²) < 4.78 is 27.1. The van der Waals surface area contributed by atoms with Crippen molar-refractivity contribution in [3.8, 4) is 0 Å². The predicted octanol–water partition coefficient (Wildman–Crippen LogP) is 6.22. The summed E-state index contributed by atoms with van der Waals surface area (Å²) in [5.41, 5.74) is 2.55. The molecular weight excluding hydrogens is 593 g/mol. The average Bonchev–Trinajstić information content (AvgIpc) is 2.93. The normalized spacial score (nSPS) is 12.5. The minimum atomic E-state index is -3.87. The fourth-order valence-corrected chi connectivity index (χ4v) is 5.88. The van der Waals surface area contributed by atoms with Crippen LogP contribution in [-0.4, -0.2) is 50.5 Å². The Morgan fingerprint density at radius 1 is 0.905 bits per heavy atom. The van der Waals surface area contributed by atoms with E-state index in [4.69, 9.17) is 23.2 Å². The minimum Gasteiger partial charge on any atom is -0.354 e. The van der Waals surface area contributed by atoms with Gasteiger partial charge < -0.3 is 10.2 Å². The molecule has 3 aromatic carbocycles. The first-order valence-electron chi connectivity index (χ1n) is 13.8. The molecule has 0 aliphatic heterocycles. The molecule has 0 bridgehead atoms. The minimum absolute atomic E-state index is 0.0883. The molecule has 1 atom stereocenters. The van der Waals surface area contributed by atoms with Gasteiger partial charge in [-0.25, -0.2) is 8.42 Å². The second-order valence-corrected chi connectivity index (χ2v) is 14.0. The van der Waals surface area contributed by atoms with Gasteiger partial charge in [0.05, 0.1) is 11.9 Å². The van der Waals surface area contributed by atoms with Crippen molar-refractivity contribution in [1.29, 1.82) is 0 Å². The molecule has 1 unspecified atom stereocenters. The molecule has 0 aromatic heterocycles. The van der Waals surface area contributed by atoms with Crippen LogP contribution in [0.4, 0.5) is 5.69 Å². The Labute approximate surface area is 259 Å². The summed E-state index contributed by atoms with van der Waals surface area (Å²) in [4.78, 5) is 29.2. The first-order valence-corrected chi connectivity index (χ1v) is 16.4. The van der Waals surface area contributed by atoms with E-state index in [1.165, 1.54) is 4.90 Å². The lowest BCUT2D eigenvalue weighted by molar-refractivity contribution is -0.140. The average molecular weight is 633 g/mol. The second kappa shape index (κ2) is 14.4. The highest BCUT2D eigenvalue weighted by molar-refractivity contribution is 7.92. The molecule has 2 amide bonds. The number of benzene rings is 3. The van der Waals surface area contributed by atoms with Crippen LogP contribution in [0.2, 0.25) is 10.0 Å². The van der Waals surface area contributed by atoms with E-state index in [2.05, 4.69) is 26.1 Å². The number of nitrogens with one attached hydrogen (secondary N) is 1. The van der Waals surface area contributed by atoms with E-state index >= 15 is 0 Å². The number of nitrogens with zero attached hydrogens (tertiary/aromatic N) is 2. The summed E-state index contributed by atoms with van der Waals surface area (Å²) in [5.74, 6) is -0.915. The molecule has 226 valence electrons. The quantitative estimate of drug-likeness (QED) is 0.257. The lowest BCUT2D eigenvalue weighted by atomic mass is 9.87. The lowest BCUT2D eigenvalue weighted by Crippen LogP contribution is -2.53. The van der Waals surface area contributed by atoms with Gasteiger partial charge in [0.2, 0.25) is 21.8 Å². The van der Waals surface area contributed by atoms with Gasteiger partial charge in [-0.1, -0.05) is 99.4 Å². The number of amides is 2. The third kappa shape index (κ3) is 8.96. The van der Waals surface area contributed by atoms with Gasteiger partial charge >= 0.3 is 0 Å². The Bertz CT molecular complexity index is 1450. The largest absolute Gasteiger partial charge is 0.354 e. The lowest BCUT2D eigenvalue weighted by Gasteiger charge is -2.34. The van der Waals surface area contributed by atoms with Crippen LogP contribution in [0.3, 0.4) is 0 Å². The van der Waals surface area contributed by atoms with Gasteiger partial charge in [-0.2, -0.15) is 0 Å². The molecule has 3 rings (SSSR count). The van der Waals surface area contributed by atoms with Crippen molar-refractivity contribution in [3.05, 3.63) is 99.5 Å². The van der Waals surface area contributed by atoms with E-state index in [1.807, 2.05) is 49.4 Å².